The number of sulfone groups is 1. The van der Waals surface area contributed by atoms with Crippen molar-refractivity contribution < 1.29 is 13.2 Å². The summed E-state index contributed by atoms with van der Waals surface area (Å²) in [5, 5.41) is 9.19. The first kappa shape index (κ1) is 15.9. The van der Waals surface area contributed by atoms with Crippen molar-refractivity contribution in [3.05, 3.63) is 41.3 Å². The van der Waals surface area contributed by atoms with E-state index in [1.165, 1.54) is 12.1 Å². The van der Waals surface area contributed by atoms with Crippen molar-refractivity contribution in [2.75, 3.05) is 0 Å². The first-order valence-corrected chi connectivity index (χ1v) is 7.23. The number of hydrogen-bond acceptors (Lipinski definition) is 5. The van der Waals surface area contributed by atoms with Gasteiger partial charge in [0, 0.05) is 11.5 Å². The number of hydrogen-bond donors (Lipinski definition) is 2. The second kappa shape index (κ2) is 5.86. The normalized spacial score (nSPS) is 12.1. The number of benzene rings is 1. The van der Waals surface area contributed by atoms with Gasteiger partial charge in [0.25, 0.3) is 0 Å². The van der Waals surface area contributed by atoms with Crippen LogP contribution in [0.5, 0.6) is 0 Å². The topological polar surface area (TPSA) is 113 Å². The molecule has 106 valence electrons. The van der Waals surface area contributed by atoms with Crippen LogP contribution in [0.1, 0.15) is 19.4 Å². The van der Waals surface area contributed by atoms with E-state index in [0.29, 0.717) is 5.56 Å². The van der Waals surface area contributed by atoms with Crippen molar-refractivity contribution in [3.63, 3.8) is 0 Å². The Labute approximate surface area is 117 Å². The lowest BCUT2D eigenvalue weighted by Crippen LogP contribution is -2.43. The summed E-state index contributed by atoms with van der Waals surface area (Å²) in [4.78, 5) is 11.7. The van der Waals surface area contributed by atoms with Crippen molar-refractivity contribution in [2.24, 2.45) is 5.84 Å². The highest BCUT2D eigenvalue weighted by molar-refractivity contribution is 7.94. The van der Waals surface area contributed by atoms with Gasteiger partial charge < -0.3 is 0 Å². The van der Waals surface area contributed by atoms with Gasteiger partial charge in [0.15, 0.2) is 0 Å². The van der Waals surface area contributed by atoms with Crippen molar-refractivity contribution in [1.29, 1.82) is 5.26 Å². The summed E-state index contributed by atoms with van der Waals surface area (Å²) in [6.45, 7) is 3.35. The number of rotatable bonds is 4. The van der Waals surface area contributed by atoms with Crippen LogP contribution in [-0.2, 0) is 20.0 Å². The smallest absolute Gasteiger partial charge is 0.243 e. The fourth-order valence-electron chi connectivity index (χ4n) is 1.57. The molecule has 0 aromatic heterocycles. The van der Waals surface area contributed by atoms with Crippen LogP contribution < -0.4 is 11.3 Å². The first-order valence-electron chi connectivity index (χ1n) is 5.68. The molecule has 0 saturated heterocycles. The molecule has 0 aliphatic rings. The molecular formula is C13H15N3O3S. The molecule has 1 rings (SSSR count). The molecule has 0 spiro atoms. The monoisotopic (exact) mass is 293 g/mol. The van der Waals surface area contributed by atoms with Gasteiger partial charge in [-0.25, -0.2) is 14.3 Å². The molecule has 7 heteroatoms. The van der Waals surface area contributed by atoms with Crippen LogP contribution in [0.4, 0.5) is 0 Å². The minimum Gasteiger partial charge on any atom is -0.294 e. The molecule has 1 aromatic carbocycles. The number of carbonyl (C=O) groups is 1. The largest absolute Gasteiger partial charge is 0.294 e. The molecular weight excluding hydrogens is 278 g/mol. The number of carbonyl (C=O) groups excluding carboxylic acids is 1. The molecule has 20 heavy (non-hydrogen) atoms. The summed E-state index contributed by atoms with van der Waals surface area (Å²) in [7, 11) is -3.64. The van der Waals surface area contributed by atoms with E-state index >= 15 is 0 Å². The highest BCUT2D eigenvalue weighted by Gasteiger charge is 2.29. The lowest BCUT2D eigenvalue weighted by Gasteiger charge is -2.22. The van der Waals surface area contributed by atoms with E-state index in [2.05, 4.69) is 5.43 Å². The van der Waals surface area contributed by atoms with Crippen LogP contribution in [0.2, 0.25) is 0 Å². The Balaban J connectivity index is 3.16. The number of amides is 1. The molecule has 0 aliphatic heterocycles. The number of allylic oxidation sites excluding steroid dienone is 1. The van der Waals surface area contributed by atoms with Crippen molar-refractivity contribution in [1.82, 2.24) is 5.43 Å². The Hall–Kier alpha value is -2.17. The molecule has 0 heterocycles. The second-order valence-corrected chi connectivity index (χ2v) is 6.43. The third kappa shape index (κ3) is 3.23. The Bertz CT molecular complexity index is 668. The Morgan fingerprint density at radius 1 is 1.35 bits per heavy atom. The van der Waals surface area contributed by atoms with Gasteiger partial charge in [0.05, 0.1) is 16.4 Å². The maximum absolute atomic E-state index is 11.8. The van der Waals surface area contributed by atoms with Gasteiger partial charge in [-0.3, -0.25) is 10.2 Å². The highest BCUT2D eigenvalue weighted by atomic mass is 32.2. The van der Waals surface area contributed by atoms with Crippen LogP contribution in [0, 0.1) is 11.3 Å². The van der Waals surface area contributed by atoms with Gasteiger partial charge in [0.1, 0.15) is 0 Å². The molecule has 0 radical (unpaired) electrons. The fourth-order valence-corrected chi connectivity index (χ4v) is 2.48. The lowest BCUT2D eigenvalue weighted by molar-refractivity contribution is -0.125. The molecule has 3 N–H and O–H groups in total. The summed E-state index contributed by atoms with van der Waals surface area (Å²) in [6, 6.07) is 7.49. The van der Waals surface area contributed by atoms with Gasteiger partial charge in [-0.05, 0) is 31.5 Å². The van der Waals surface area contributed by atoms with E-state index in [-0.39, 0.29) is 10.8 Å². The second-order valence-electron chi connectivity index (χ2n) is 4.60. The minimum absolute atomic E-state index is 0.0525. The van der Waals surface area contributed by atoms with E-state index in [1.54, 1.807) is 32.0 Å². The zero-order valence-corrected chi connectivity index (χ0v) is 11.9. The third-order valence-corrected chi connectivity index (χ3v) is 4.35. The molecule has 0 fully saturated rings. The predicted molar refractivity (Wildman–Crippen MR) is 73.7 cm³/mol. The summed E-state index contributed by atoms with van der Waals surface area (Å²) < 4.78 is 23.6. The van der Waals surface area contributed by atoms with Crippen LogP contribution in [0.15, 0.2) is 40.6 Å². The lowest BCUT2D eigenvalue weighted by atomic mass is 9.84. The first-order chi connectivity index (χ1) is 9.25. The van der Waals surface area contributed by atoms with Crippen LogP contribution >= 0.6 is 0 Å². The zero-order chi connectivity index (χ0) is 15.4. The number of nitrogens with one attached hydrogen (secondary N) is 1. The molecule has 1 amide bonds. The number of hydrazine groups is 1. The molecule has 0 atom stereocenters. The van der Waals surface area contributed by atoms with Gasteiger partial charge >= 0.3 is 0 Å². The molecule has 0 unspecified atom stereocenters. The average molecular weight is 293 g/mol. The van der Waals surface area contributed by atoms with Crippen molar-refractivity contribution in [2.45, 2.75) is 24.2 Å². The zero-order valence-electron chi connectivity index (χ0n) is 11.1. The number of nitriles is 1. The van der Waals surface area contributed by atoms with Crippen molar-refractivity contribution >= 4 is 15.7 Å². The van der Waals surface area contributed by atoms with E-state index in [4.69, 9.17) is 11.1 Å². The van der Waals surface area contributed by atoms with E-state index < -0.39 is 15.3 Å². The maximum atomic E-state index is 11.8. The summed E-state index contributed by atoms with van der Waals surface area (Å²) >= 11 is 0. The van der Waals surface area contributed by atoms with Crippen molar-refractivity contribution in [3.8, 4) is 6.07 Å². The molecule has 1 aromatic rings. The summed E-state index contributed by atoms with van der Waals surface area (Å²) in [6.07, 6.45) is 0.898. The Morgan fingerprint density at radius 2 is 1.90 bits per heavy atom. The number of nitrogens with two attached hydrogens (primary N) is 1. The highest BCUT2D eigenvalue weighted by Crippen LogP contribution is 2.25. The SMILES string of the molecule is CC(C)(C(=O)NN)c1ccc(S(=O)(=O)/C=C/C#N)cc1. The van der Waals surface area contributed by atoms with E-state index in [1.807, 2.05) is 0 Å². The van der Waals surface area contributed by atoms with E-state index in [0.717, 1.165) is 11.5 Å². The predicted octanol–water partition coefficient (Wildman–Crippen LogP) is 0.765. The maximum Gasteiger partial charge on any atom is 0.243 e. The van der Waals surface area contributed by atoms with Crippen LogP contribution in [0.3, 0.4) is 0 Å². The van der Waals surface area contributed by atoms with Gasteiger partial charge in [-0.1, -0.05) is 12.1 Å². The minimum atomic E-state index is -3.64. The number of nitrogens with zero attached hydrogens (tertiary/aromatic N) is 1. The molecule has 0 bridgehead atoms. The van der Waals surface area contributed by atoms with Crippen LogP contribution in [-0.4, -0.2) is 14.3 Å². The summed E-state index contributed by atoms with van der Waals surface area (Å²) in [5.41, 5.74) is 1.83. The molecule has 0 saturated carbocycles. The molecule has 6 nitrogen and oxygen atoms in total. The quantitative estimate of drug-likeness (QED) is 0.368. The Morgan fingerprint density at radius 3 is 2.35 bits per heavy atom. The van der Waals surface area contributed by atoms with Crippen LogP contribution in [0.25, 0.3) is 0 Å². The summed E-state index contributed by atoms with van der Waals surface area (Å²) in [5.74, 6) is 4.74. The van der Waals surface area contributed by atoms with Gasteiger partial charge in [-0.15, -0.1) is 0 Å². The van der Waals surface area contributed by atoms with E-state index in [9.17, 15) is 13.2 Å². The standard InChI is InChI=1S/C13H15N3O3S/c1-13(2,12(17)16-15)10-4-6-11(7-5-10)20(18,19)9-3-8-14/h3-7,9H,15H2,1-2H3,(H,16,17)/b9-3+. The fraction of sp³-hybridized carbons (Fsp3) is 0.231. The van der Waals surface area contributed by atoms with Gasteiger partial charge in [0.2, 0.25) is 15.7 Å². The van der Waals surface area contributed by atoms with Gasteiger partial charge in [-0.2, -0.15) is 5.26 Å². The molecule has 0 aliphatic carbocycles. The Kier molecular flexibility index (Phi) is 4.65. The average Bonchev–Trinajstić information content (AvgIpc) is 2.44. The third-order valence-electron chi connectivity index (χ3n) is 2.93.